The van der Waals surface area contributed by atoms with Crippen LogP contribution in [-0.2, 0) is 0 Å². The van der Waals surface area contributed by atoms with Gasteiger partial charge in [-0.15, -0.1) is 0 Å². The third-order valence-corrected chi connectivity index (χ3v) is 2.76. The SMILES string of the molecule is CC(C)Oc1ccc(O[B]Oc2ccc(OC(C)C)cc2)cc1. The summed E-state index contributed by atoms with van der Waals surface area (Å²) in [6, 6.07) is 14.8. The Bertz CT molecular complexity index is 525. The summed E-state index contributed by atoms with van der Waals surface area (Å²) >= 11 is 0. The van der Waals surface area contributed by atoms with Crippen LogP contribution >= 0.6 is 0 Å². The summed E-state index contributed by atoms with van der Waals surface area (Å²) in [5, 5.41) is 0. The van der Waals surface area contributed by atoms with Gasteiger partial charge in [0.25, 0.3) is 0 Å². The molecule has 2 aromatic rings. The largest absolute Gasteiger partial charge is 0.658 e. The van der Waals surface area contributed by atoms with Crippen LogP contribution in [-0.4, -0.2) is 19.9 Å². The van der Waals surface area contributed by atoms with E-state index in [9.17, 15) is 0 Å². The molecule has 0 bridgehead atoms. The van der Waals surface area contributed by atoms with Crippen molar-refractivity contribution in [2.45, 2.75) is 39.9 Å². The van der Waals surface area contributed by atoms with Gasteiger partial charge in [-0.2, -0.15) is 0 Å². The van der Waals surface area contributed by atoms with Gasteiger partial charge in [0.2, 0.25) is 0 Å². The van der Waals surface area contributed by atoms with E-state index in [-0.39, 0.29) is 12.2 Å². The molecule has 0 aliphatic rings. The average Bonchev–Trinajstić information content (AvgIpc) is 2.50. The molecule has 0 aliphatic heterocycles. The van der Waals surface area contributed by atoms with Crippen molar-refractivity contribution in [1.82, 2.24) is 0 Å². The third-order valence-electron chi connectivity index (χ3n) is 2.76. The first-order valence-corrected chi connectivity index (χ1v) is 7.71. The van der Waals surface area contributed by atoms with Gasteiger partial charge < -0.3 is 18.8 Å². The van der Waals surface area contributed by atoms with E-state index in [1.165, 1.54) is 7.69 Å². The summed E-state index contributed by atoms with van der Waals surface area (Å²) in [4.78, 5) is 0. The molecule has 121 valence electrons. The lowest BCUT2D eigenvalue weighted by Gasteiger charge is -2.11. The minimum atomic E-state index is 0.152. The number of ether oxygens (including phenoxy) is 2. The molecule has 0 heterocycles. The molecule has 2 rings (SSSR count). The Morgan fingerprint density at radius 3 is 1.17 bits per heavy atom. The molecule has 0 saturated carbocycles. The summed E-state index contributed by atoms with van der Waals surface area (Å²) in [7, 11) is 1.30. The quantitative estimate of drug-likeness (QED) is 0.683. The van der Waals surface area contributed by atoms with Crippen molar-refractivity contribution in [2.24, 2.45) is 0 Å². The van der Waals surface area contributed by atoms with Gasteiger partial charge in [-0.1, -0.05) is 0 Å². The van der Waals surface area contributed by atoms with E-state index in [2.05, 4.69) is 0 Å². The molecule has 0 atom stereocenters. The number of rotatable bonds is 8. The highest BCUT2D eigenvalue weighted by molar-refractivity contribution is 6.20. The molecule has 0 fully saturated rings. The molecule has 0 saturated heterocycles. The Kier molecular flexibility index (Phi) is 6.21. The van der Waals surface area contributed by atoms with E-state index >= 15 is 0 Å². The summed E-state index contributed by atoms with van der Waals surface area (Å²) < 4.78 is 22.0. The first-order chi connectivity index (χ1) is 11.0. The standard InChI is InChI=1S/C18H22BO4/c1-13(2)20-15-5-9-17(10-6-15)22-19-23-18-11-7-16(8-12-18)21-14(3)4/h5-14H,1-4H3. The Hall–Kier alpha value is -2.30. The maximum absolute atomic E-state index is 5.57. The second kappa shape index (κ2) is 8.37. The molecule has 0 aliphatic carbocycles. The molecule has 1 radical (unpaired) electrons. The first kappa shape index (κ1) is 17.1. The van der Waals surface area contributed by atoms with Crippen LogP contribution in [0.15, 0.2) is 48.5 Å². The van der Waals surface area contributed by atoms with E-state index in [1.54, 1.807) is 0 Å². The molecule has 0 aromatic heterocycles. The summed E-state index contributed by atoms with van der Waals surface area (Å²) in [6.07, 6.45) is 0.304. The summed E-state index contributed by atoms with van der Waals surface area (Å²) in [6.45, 7) is 7.96. The van der Waals surface area contributed by atoms with Crippen LogP contribution in [0, 0.1) is 0 Å². The maximum atomic E-state index is 5.57. The lowest BCUT2D eigenvalue weighted by molar-refractivity contribution is 0.242. The van der Waals surface area contributed by atoms with E-state index in [0.717, 1.165) is 11.5 Å². The molecule has 4 nitrogen and oxygen atoms in total. The van der Waals surface area contributed by atoms with Crippen LogP contribution in [0.1, 0.15) is 27.7 Å². The molecule has 0 N–H and O–H groups in total. The highest BCUT2D eigenvalue weighted by Crippen LogP contribution is 2.20. The Balaban J connectivity index is 1.78. The van der Waals surface area contributed by atoms with Gasteiger partial charge in [0.05, 0.1) is 12.2 Å². The first-order valence-electron chi connectivity index (χ1n) is 7.71. The van der Waals surface area contributed by atoms with E-state index < -0.39 is 0 Å². The normalized spacial score (nSPS) is 10.5. The monoisotopic (exact) mass is 313 g/mol. The highest BCUT2D eigenvalue weighted by Gasteiger charge is 2.04. The third kappa shape index (κ3) is 6.14. The Labute approximate surface area is 138 Å². The number of benzene rings is 2. The topological polar surface area (TPSA) is 36.9 Å². The van der Waals surface area contributed by atoms with Gasteiger partial charge in [-0.3, -0.25) is 0 Å². The van der Waals surface area contributed by atoms with Crippen LogP contribution in [0.5, 0.6) is 23.0 Å². The van der Waals surface area contributed by atoms with Crippen molar-refractivity contribution in [3.8, 4) is 23.0 Å². The zero-order valence-electron chi connectivity index (χ0n) is 14.0. The Morgan fingerprint density at radius 2 is 0.870 bits per heavy atom. The molecule has 2 aromatic carbocycles. The van der Waals surface area contributed by atoms with Crippen LogP contribution in [0.3, 0.4) is 0 Å². The molecule has 0 spiro atoms. The van der Waals surface area contributed by atoms with Crippen molar-refractivity contribution in [1.29, 1.82) is 0 Å². The fraction of sp³-hybridized carbons (Fsp3) is 0.333. The molecular weight excluding hydrogens is 291 g/mol. The minimum Gasteiger partial charge on any atom is -0.526 e. The van der Waals surface area contributed by atoms with Crippen molar-refractivity contribution >= 4 is 7.69 Å². The predicted molar refractivity (Wildman–Crippen MR) is 91.4 cm³/mol. The minimum absolute atomic E-state index is 0.152. The molecule has 0 amide bonds. The van der Waals surface area contributed by atoms with Crippen molar-refractivity contribution in [3.63, 3.8) is 0 Å². The van der Waals surface area contributed by atoms with Crippen LogP contribution in [0.25, 0.3) is 0 Å². The molecule has 0 unspecified atom stereocenters. The van der Waals surface area contributed by atoms with Crippen LogP contribution in [0.4, 0.5) is 0 Å². The number of hydrogen-bond acceptors (Lipinski definition) is 4. The lowest BCUT2D eigenvalue weighted by Crippen LogP contribution is -2.11. The fourth-order valence-electron chi connectivity index (χ4n) is 1.87. The van der Waals surface area contributed by atoms with E-state index in [1.807, 2.05) is 76.2 Å². The van der Waals surface area contributed by atoms with E-state index in [0.29, 0.717) is 11.5 Å². The van der Waals surface area contributed by atoms with Gasteiger partial charge in [0.1, 0.15) is 23.0 Å². The van der Waals surface area contributed by atoms with Crippen molar-refractivity contribution in [2.75, 3.05) is 0 Å². The van der Waals surface area contributed by atoms with Gasteiger partial charge >= 0.3 is 7.69 Å². The maximum Gasteiger partial charge on any atom is 0.658 e. The highest BCUT2D eigenvalue weighted by atomic mass is 16.6. The van der Waals surface area contributed by atoms with Gasteiger partial charge in [-0.25, -0.2) is 0 Å². The molecular formula is C18H22BO4. The lowest BCUT2D eigenvalue weighted by atomic mass is 10.2. The smallest absolute Gasteiger partial charge is 0.526 e. The predicted octanol–water partition coefficient (Wildman–Crippen LogP) is 4.25. The average molecular weight is 313 g/mol. The van der Waals surface area contributed by atoms with Gasteiger partial charge in [0, 0.05) is 0 Å². The van der Waals surface area contributed by atoms with Crippen LogP contribution < -0.4 is 18.8 Å². The van der Waals surface area contributed by atoms with E-state index in [4.69, 9.17) is 18.8 Å². The summed E-state index contributed by atoms with van der Waals surface area (Å²) in [5.41, 5.74) is 0. The molecule has 5 heteroatoms. The van der Waals surface area contributed by atoms with Crippen molar-refractivity contribution < 1.29 is 18.8 Å². The fourth-order valence-corrected chi connectivity index (χ4v) is 1.87. The zero-order chi connectivity index (χ0) is 16.7. The van der Waals surface area contributed by atoms with Gasteiger partial charge in [-0.05, 0) is 76.2 Å². The van der Waals surface area contributed by atoms with Gasteiger partial charge in [0.15, 0.2) is 0 Å². The summed E-state index contributed by atoms with van der Waals surface area (Å²) in [5.74, 6) is 2.99. The van der Waals surface area contributed by atoms with Crippen molar-refractivity contribution in [3.05, 3.63) is 48.5 Å². The number of hydrogen-bond donors (Lipinski definition) is 0. The second-order valence-corrected chi connectivity index (χ2v) is 5.61. The van der Waals surface area contributed by atoms with Crippen LogP contribution in [0.2, 0.25) is 0 Å². The molecule has 23 heavy (non-hydrogen) atoms. The second-order valence-electron chi connectivity index (χ2n) is 5.61. The Morgan fingerprint density at radius 1 is 0.565 bits per heavy atom. The zero-order valence-corrected chi connectivity index (χ0v) is 14.0.